The Hall–Kier alpha value is -1.27. The second kappa shape index (κ2) is 7.53. The summed E-state index contributed by atoms with van der Waals surface area (Å²) >= 11 is 5.99. The molecule has 1 fully saturated rings. The van der Waals surface area contributed by atoms with Crippen LogP contribution in [0.15, 0.2) is 18.2 Å². The molecule has 1 amide bonds. The maximum Gasteiger partial charge on any atom is 0.232 e. The lowest BCUT2D eigenvalue weighted by atomic mass is 10.2. The normalized spacial score (nSPS) is 15.6. The van der Waals surface area contributed by atoms with Gasteiger partial charge in [0.15, 0.2) is 0 Å². The molecule has 1 aromatic carbocycles. The van der Waals surface area contributed by atoms with Gasteiger partial charge in [-0.3, -0.25) is 9.10 Å². The minimum atomic E-state index is -3.49. The number of hydrogen-bond donors (Lipinski definition) is 1. The first kappa shape index (κ1) is 18.1. The molecule has 0 atom stereocenters. The van der Waals surface area contributed by atoms with Gasteiger partial charge in [-0.05, 0) is 37.5 Å². The van der Waals surface area contributed by atoms with Gasteiger partial charge < -0.3 is 5.32 Å². The minimum absolute atomic E-state index is 0.106. The summed E-state index contributed by atoms with van der Waals surface area (Å²) in [6, 6.07) is 5.34. The SMILES string of the molecule is Cc1ccc(Cl)cc1N(CCC(=O)NC1CCCC1)S(C)(=O)=O. The first-order valence-electron chi connectivity index (χ1n) is 7.80. The number of rotatable bonds is 6. The highest BCUT2D eigenvalue weighted by molar-refractivity contribution is 7.92. The number of carbonyl (C=O) groups is 1. The van der Waals surface area contributed by atoms with Crippen molar-refractivity contribution >= 4 is 33.2 Å². The van der Waals surface area contributed by atoms with Crippen LogP contribution in [-0.2, 0) is 14.8 Å². The quantitative estimate of drug-likeness (QED) is 0.850. The van der Waals surface area contributed by atoms with Crippen LogP contribution in [0.1, 0.15) is 37.7 Å². The van der Waals surface area contributed by atoms with Crippen molar-refractivity contribution in [3.05, 3.63) is 28.8 Å². The van der Waals surface area contributed by atoms with E-state index < -0.39 is 10.0 Å². The number of sulfonamides is 1. The van der Waals surface area contributed by atoms with Crippen molar-refractivity contribution in [2.45, 2.75) is 45.1 Å². The second-order valence-electron chi connectivity index (χ2n) is 6.06. The van der Waals surface area contributed by atoms with Gasteiger partial charge in [0.2, 0.25) is 15.9 Å². The van der Waals surface area contributed by atoms with Crippen LogP contribution >= 0.6 is 11.6 Å². The molecule has 0 radical (unpaired) electrons. The average molecular weight is 359 g/mol. The van der Waals surface area contributed by atoms with Crippen LogP contribution in [0.3, 0.4) is 0 Å². The summed E-state index contributed by atoms with van der Waals surface area (Å²) in [5, 5.41) is 3.44. The van der Waals surface area contributed by atoms with Crippen LogP contribution < -0.4 is 9.62 Å². The fraction of sp³-hybridized carbons (Fsp3) is 0.562. The van der Waals surface area contributed by atoms with Gasteiger partial charge in [0.25, 0.3) is 0 Å². The summed E-state index contributed by atoms with van der Waals surface area (Å²) in [5.41, 5.74) is 1.32. The predicted molar refractivity (Wildman–Crippen MR) is 93.4 cm³/mol. The van der Waals surface area contributed by atoms with Gasteiger partial charge in [-0.1, -0.05) is 30.5 Å². The van der Waals surface area contributed by atoms with Crippen LogP contribution in [0.5, 0.6) is 0 Å². The van der Waals surface area contributed by atoms with Crippen molar-refractivity contribution in [1.82, 2.24) is 5.32 Å². The molecule has 0 bridgehead atoms. The summed E-state index contributed by atoms with van der Waals surface area (Å²) in [6.45, 7) is 1.93. The Balaban J connectivity index is 2.07. The van der Waals surface area contributed by atoms with E-state index in [1.807, 2.05) is 6.92 Å². The number of anilines is 1. The van der Waals surface area contributed by atoms with E-state index in [9.17, 15) is 13.2 Å². The molecule has 0 heterocycles. The van der Waals surface area contributed by atoms with Crippen molar-refractivity contribution in [1.29, 1.82) is 0 Å². The molecule has 0 aromatic heterocycles. The van der Waals surface area contributed by atoms with Crippen molar-refractivity contribution in [2.24, 2.45) is 0 Å². The third-order valence-corrected chi connectivity index (χ3v) is 5.52. The van der Waals surface area contributed by atoms with Gasteiger partial charge in [-0.2, -0.15) is 0 Å². The second-order valence-corrected chi connectivity index (χ2v) is 8.41. The molecule has 0 spiro atoms. The van der Waals surface area contributed by atoms with Gasteiger partial charge in [-0.15, -0.1) is 0 Å². The van der Waals surface area contributed by atoms with Crippen molar-refractivity contribution in [2.75, 3.05) is 17.1 Å². The highest BCUT2D eigenvalue weighted by Gasteiger charge is 2.22. The van der Waals surface area contributed by atoms with Crippen molar-refractivity contribution in [3.63, 3.8) is 0 Å². The molecule has 5 nitrogen and oxygen atoms in total. The van der Waals surface area contributed by atoms with E-state index in [2.05, 4.69) is 5.32 Å². The van der Waals surface area contributed by atoms with E-state index in [1.54, 1.807) is 18.2 Å². The molecule has 7 heteroatoms. The van der Waals surface area contributed by atoms with E-state index >= 15 is 0 Å². The van der Waals surface area contributed by atoms with Crippen molar-refractivity contribution < 1.29 is 13.2 Å². The molecule has 1 aromatic rings. The van der Waals surface area contributed by atoms with Crippen LogP contribution in [0.4, 0.5) is 5.69 Å². The number of hydrogen-bond acceptors (Lipinski definition) is 3. The molecule has 128 valence electrons. The zero-order valence-corrected chi connectivity index (χ0v) is 15.1. The fourth-order valence-corrected chi connectivity index (χ4v) is 4.03. The topological polar surface area (TPSA) is 66.5 Å². The zero-order valence-electron chi connectivity index (χ0n) is 13.5. The maximum atomic E-state index is 12.1. The first-order chi connectivity index (χ1) is 10.8. The first-order valence-corrected chi connectivity index (χ1v) is 10.0. The summed E-state index contributed by atoms with van der Waals surface area (Å²) in [5.74, 6) is -0.106. The summed E-state index contributed by atoms with van der Waals surface area (Å²) < 4.78 is 25.5. The number of benzene rings is 1. The smallest absolute Gasteiger partial charge is 0.232 e. The average Bonchev–Trinajstić information content (AvgIpc) is 2.94. The molecular weight excluding hydrogens is 336 g/mol. The van der Waals surface area contributed by atoms with E-state index in [-0.39, 0.29) is 24.9 Å². The van der Waals surface area contributed by atoms with Crippen LogP contribution in [0.2, 0.25) is 5.02 Å². The lowest BCUT2D eigenvalue weighted by Crippen LogP contribution is -2.37. The van der Waals surface area contributed by atoms with Gasteiger partial charge in [0, 0.05) is 24.0 Å². The molecule has 2 rings (SSSR count). The highest BCUT2D eigenvalue weighted by atomic mass is 35.5. The Bertz CT molecular complexity index is 670. The molecule has 0 aliphatic heterocycles. The number of aryl methyl sites for hydroxylation is 1. The summed E-state index contributed by atoms with van der Waals surface area (Å²) in [6.07, 6.45) is 5.58. The van der Waals surface area contributed by atoms with E-state index in [1.165, 1.54) is 4.31 Å². The van der Waals surface area contributed by atoms with Crippen LogP contribution in [-0.4, -0.2) is 33.2 Å². The van der Waals surface area contributed by atoms with Crippen LogP contribution in [0, 0.1) is 6.92 Å². The molecule has 0 saturated heterocycles. The molecular formula is C16H23ClN2O3S. The number of nitrogens with one attached hydrogen (secondary N) is 1. The number of nitrogens with zero attached hydrogens (tertiary/aromatic N) is 1. The van der Waals surface area contributed by atoms with Crippen LogP contribution in [0.25, 0.3) is 0 Å². The minimum Gasteiger partial charge on any atom is -0.353 e. The lowest BCUT2D eigenvalue weighted by molar-refractivity contribution is -0.121. The summed E-state index contributed by atoms with van der Waals surface area (Å²) in [4.78, 5) is 12.1. The predicted octanol–water partition coefficient (Wildman–Crippen LogP) is 2.86. The lowest BCUT2D eigenvalue weighted by Gasteiger charge is -2.24. The van der Waals surface area contributed by atoms with Gasteiger partial charge in [-0.25, -0.2) is 8.42 Å². The molecule has 1 aliphatic rings. The Morgan fingerprint density at radius 1 is 1.35 bits per heavy atom. The van der Waals surface area contributed by atoms with E-state index in [4.69, 9.17) is 11.6 Å². The Morgan fingerprint density at radius 3 is 2.61 bits per heavy atom. The molecule has 23 heavy (non-hydrogen) atoms. The molecule has 0 unspecified atom stereocenters. The largest absolute Gasteiger partial charge is 0.353 e. The van der Waals surface area contributed by atoms with Gasteiger partial charge in [0.1, 0.15) is 0 Å². The van der Waals surface area contributed by atoms with E-state index in [0.717, 1.165) is 37.5 Å². The number of amides is 1. The Kier molecular flexibility index (Phi) is 5.92. The molecule has 1 saturated carbocycles. The number of carbonyl (C=O) groups excluding carboxylic acids is 1. The third kappa shape index (κ3) is 5.11. The molecule has 1 N–H and O–H groups in total. The zero-order chi connectivity index (χ0) is 17.0. The number of halogens is 1. The monoisotopic (exact) mass is 358 g/mol. The third-order valence-electron chi connectivity index (χ3n) is 4.10. The Morgan fingerprint density at radius 2 is 2.00 bits per heavy atom. The highest BCUT2D eigenvalue weighted by Crippen LogP contribution is 2.26. The fourth-order valence-electron chi connectivity index (χ4n) is 2.89. The van der Waals surface area contributed by atoms with Gasteiger partial charge in [0.05, 0.1) is 11.9 Å². The van der Waals surface area contributed by atoms with E-state index in [0.29, 0.717) is 10.7 Å². The molecule has 1 aliphatic carbocycles. The van der Waals surface area contributed by atoms with Crippen molar-refractivity contribution in [3.8, 4) is 0 Å². The summed E-state index contributed by atoms with van der Waals surface area (Å²) in [7, 11) is -3.49. The van der Waals surface area contributed by atoms with Gasteiger partial charge >= 0.3 is 0 Å². The maximum absolute atomic E-state index is 12.1. The standard InChI is InChI=1S/C16H23ClN2O3S/c1-12-7-8-13(17)11-15(12)19(23(2,21)22)10-9-16(20)18-14-5-3-4-6-14/h7-8,11,14H,3-6,9-10H2,1-2H3,(H,18,20). The Labute approximate surface area is 143 Å².